The van der Waals surface area contributed by atoms with Gasteiger partial charge in [-0.1, -0.05) is 102 Å². The molecule has 7 heteroatoms. The molecule has 1 fully saturated rings. The quantitative estimate of drug-likeness (QED) is 0.248. The van der Waals surface area contributed by atoms with Crippen molar-refractivity contribution in [2.75, 3.05) is 14.1 Å². The van der Waals surface area contributed by atoms with Gasteiger partial charge in [0.25, 0.3) is 0 Å². The third-order valence-corrected chi connectivity index (χ3v) is 8.73. The number of nitrogens with one attached hydrogen (secondary N) is 1. The number of benzene rings is 3. The Morgan fingerprint density at radius 2 is 1.31 bits per heavy atom. The molecule has 1 unspecified atom stereocenters. The van der Waals surface area contributed by atoms with Gasteiger partial charge in [0.2, 0.25) is 11.8 Å². The summed E-state index contributed by atoms with van der Waals surface area (Å²) in [6.45, 7) is 13.4. The standard InChI is InChI=1S/C35H38ClN3O3/c1-34(2,3)22-15-21(16-23(18-22)35(4,5)6)20-13-14-24-26(19-37-28(24)17-20)29(25-11-9-10-12-27(25)36)30-31(40)38(7)33(42)39(8)32(30)41/h9-19,29-30,37H,1-8H3. The molecular weight excluding hydrogens is 546 g/mol. The van der Waals surface area contributed by atoms with Crippen molar-refractivity contribution in [3.05, 3.63) is 94.1 Å². The van der Waals surface area contributed by atoms with Gasteiger partial charge in [0.05, 0.1) is 0 Å². The van der Waals surface area contributed by atoms with Gasteiger partial charge in [0.15, 0.2) is 0 Å². The molecule has 1 aliphatic rings. The summed E-state index contributed by atoms with van der Waals surface area (Å²) in [5.74, 6) is -2.94. The van der Waals surface area contributed by atoms with E-state index in [1.54, 1.807) is 6.07 Å². The van der Waals surface area contributed by atoms with Gasteiger partial charge >= 0.3 is 6.03 Å². The van der Waals surface area contributed by atoms with E-state index in [2.05, 4.69) is 76.9 Å². The van der Waals surface area contributed by atoms with Crippen LogP contribution in [0.15, 0.2) is 66.9 Å². The summed E-state index contributed by atoms with van der Waals surface area (Å²) in [5, 5.41) is 1.33. The molecule has 218 valence electrons. The summed E-state index contributed by atoms with van der Waals surface area (Å²) < 4.78 is 0. The number of barbiturate groups is 1. The first-order chi connectivity index (χ1) is 19.6. The highest BCUT2D eigenvalue weighted by Crippen LogP contribution is 2.43. The summed E-state index contributed by atoms with van der Waals surface area (Å²) in [6.07, 6.45) is 1.85. The highest BCUT2D eigenvalue weighted by molar-refractivity contribution is 6.31. The molecule has 42 heavy (non-hydrogen) atoms. The molecule has 1 aromatic heterocycles. The lowest BCUT2D eigenvalue weighted by atomic mass is 9.78. The van der Waals surface area contributed by atoms with Gasteiger partial charge < -0.3 is 4.98 Å². The number of imide groups is 2. The maximum atomic E-state index is 13.5. The molecule has 1 N–H and O–H groups in total. The molecule has 4 amide bonds. The van der Waals surface area contributed by atoms with E-state index in [-0.39, 0.29) is 10.8 Å². The minimum Gasteiger partial charge on any atom is -0.361 e. The second kappa shape index (κ2) is 10.4. The zero-order valence-corrected chi connectivity index (χ0v) is 26.3. The number of nitrogens with zero attached hydrogens (tertiary/aromatic N) is 2. The van der Waals surface area contributed by atoms with Gasteiger partial charge in [0.1, 0.15) is 5.92 Å². The normalized spacial score (nSPS) is 16.1. The monoisotopic (exact) mass is 583 g/mol. The molecule has 1 saturated heterocycles. The average Bonchev–Trinajstić information content (AvgIpc) is 3.35. The predicted octanol–water partition coefficient (Wildman–Crippen LogP) is 7.88. The van der Waals surface area contributed by atoms with Crippen LogP contribution in [-0.4, -0.2) is 46.7 Å². The van der Waals surface area contributed by atoms with Crippen LogP contribution < -0.4 is 0 Å². The second-order valence-corrected chi connectivity index (χ2v) is 13.8. The van der Waals surface area contributed by atoms with Crippen LogP contribution in [0, 0.1) is 5.92 Å². The number of fused-ring (bicyclic) bond motifs is 1. The molecule has 1 aliphatic heterocycles. The lowest BCUT2D eigenvalue weighted by Gasteiger charge is -2.37. The first-order valence-corrected chi connectivity index (χ1v) is 14.6. The Morgan fingerprint density at radius 3 is 1.86 bits per heavy atom. The molecule has 0 spiro atoms. The SMILES string of the molecule is CN1C(=O)C(C(c2ccccc2Cl)c2c[nH]c3cc(-c4cc(C(C)(C)C)cc(C(C)(C)C)c4)ccc23)C(=O)N(C)C1=O. The molecule has 6 nitrogen and oxygen atoms in total. The number of hydrogen-bond acceptors (Lipinski definition) is 3. The zero-order valence-electron chi connectivity index (χ0n) is 25.5. The van der Waals surface area contributed by atoms with Crippen LogP contribution in [0.1, 0.15) is 69.7 Å². The molecule has 5 rings (SSSR count). The van der Waals surface area contributed by atoms with Crippen molar-refractivity contribution in [2.24, 2.45) is 5.92 Å². The number of H-pyrrole nitrogens is 1. The largest absolute Gasteiger partial charge is 0.361 e. The molecule has 0 radical (unpaired) electrons. The average molecular weight is 584 g/mol. The Morgan fingerprint density at radius 1 is 0.738 bits per heavy atom. The third kappa shape index (κ3) is 5.13. The van der Waals surface area contributed by atoms with E-state index in [0.717, 1.165) is 37.4 Å². The van der Waals surface area contributed by atoms with E-state index in [9.17, 15) is 14.4 Å². The third-order valence-electron chi connectivity index (χ3n) is 8.39. The Kier molecular flexibility index (Phi) is 7.34. The first-order valence-electron chi connectivity index (χ1n) is 14.2. The Balaban J connectivity index is 1.68. The Labute approximate surface area is 252 Å². The second-order valence-electron chi connectivity index (χ2n) is 13.4. The molecule has 2 heterocycles. The van der Waals surface area contributed by atoms with E-state index >= 15 is 0 Å². The zero-order chi connectivity index (χ0) is 30.7. The molecule has 0 saturated carbocycles. The van der Waals surface area contributed by atoms with Crippen LogP contribution in [0.2, 0.25) is 5.02 Å². The molecule has 4 aromatic rings. The smallest absolute Gasteiger partial charge is 0.332 e. The number of amides is 4. The lowest BCUT2D eigenvalue weighted by Crippen LogP contribution is -2.58. The van der Waals surface area contributed by atoms with Crippen molar-refractivity contribution in [1.29, 1.82) is 0 Å². The number of carbonyl (C=O) groups is 3. The van der Waals surface area contributed by atoms with Crippen molar-refractivity contribution in [3.63, 3.8) is 0 Å². The van der Waals surface area contributed by atoms with Crippen LogP contribution in [0.5, 0.6) is 0 Å². The van der Waals surface area contributed by atoms with Crippen molar-refractivity contribution < 1.29 is 14.4 Å². The summed E-state index contributed by atoms with van der Waals surface area (Å²) >= 11 is 6.68. The fourth-order valence-electron chi connectivity index (χ4n) is 5.72. The number of rotatable bonds is 4. The van der Waals surface area contributed by atoms with Crippen LogP contribution >= 0.6 is 11.6 Å². The van der Waals surface area contributed by atoms with Crippen molar-refractivity contribution >= 4 is 40.3 Å². The maximum Gasteiger partial charge on any atom is 0.332 e. The Hall–Kier alpha value is -3.90. The first kappa shape index (κ1) is 29.6. The highest BCUT2D eigenvalue weighted by Gasteiger charge is 2.48. The topological polar surface area (TPSA) is 73.5 Å². The molecular formula is C35H38ClN3O3. The van der Waals surface area contributed by atoms with E-state index in [1.165, 1.54) is 25.2 Å². The van der Waals surface area contributed by atoms with Gasteiger partial charge in [0, 0.05) is 42.1 Å². The van der Waals surface area contributed by atoms with E-state index in [1.807, 2.05) is 30.5 Å². The summed E-state index contributed by atoms with van der Waals surface area (Å²) in [4.78, 5) is 45.0. The van der Waals surface area contributed by atoms with Gasteiger partial charge in [-0.25, -0.2) is 4.79 Å². The maximum absolute atomic E-state index is 13.5. The fraction of sp³-hybridized carbons (Fsp3) is 0.343. The fourth-order valence-corrected chi connectivity index (χ4v) is 5.97. The van der Waals surface area contributed by atoms with Gasteiger partial charge in [-0.05, 0) is 56.3 Å². The van der Waals surface area contributed by atoms with Crippen LogP contribution in [0.3, 0.4) is 0 Å². The predicted molar refractivity (Wildman–Crippen MR) is 169 cm³/mol. The van der Waals surface area contributed by atoms with Crippen LogP contribution in [0.4, 0.5) is 4.79 Å². The number of carbonyl (C=O) groups excluding carboxylic acids is 3. The van der Waals surface area contributed by atoms with Gasteiger partial charge in [-0.3, -0.25) is 19.4 Å². The summed E-state index contributed by atoms with van der Waals surface area (Å²) in [6, 6.07) is 19.7. The van der Waals surface area contributed by atoms with Crippen molar-refractivity contribution in [1.82, 2.24) is 14.8 Å². The Bertz CT molecular complexity index is 1670. The number of aromatic amines is 1. The van der Waals surface area contributed by atoms with E-state index in [0.29, 0.717) is 10.6 Å². The lowest BCUT2D eigenvalue weighted by molar-refractivity contribution is -0.148. The molecule has 0 aliphatic carbocycles. The number of aromatic nitrogens is 1. The number of urea groups is 1. The van der Waals surface area contributed by atoms with Crippen molar-refractivity contribution in [2.45, 2.75) is 58.3 Å². The van der Waals surface area contributed by atoms with Crippen molar-refractivity contribution in [3.8, 4) is 11.1 Å². The molecule has 1 atom stereocenters. The minimum atomic E-state index is -1.14. The minimum absolute atomic E-state index is 0.0112. The van der Waals surface area contributed by atoms with Gasteiger partial charge in [-0.15, -0.1) is 0 Å². The van der Waals surface area contributed by atoms with Crippen LogP contribution in [0.25, 0.3) is 22.0 Å². The molecule has 0 bridgehead atoms. The van der Waals surface area contributed by atoms with E-state index in [4.69, 9.17) is 11.6 Å². The van der Waals surface area contributed by atoms with E-state index < -0.39 is 29.7 Å². The molecule has 3 aromatic carbocycles. The summed E-state index contributed by atoms with van der Waals surface area (Å²) in [7, 11) is 2.81. The number of hydrogen-bond donors (Lipinski definition) is 1. The highest BCUT2D eigenvalue weighted by atomic mass is 35.5. The summed E-state index contributed by atoms with van der Waals surface area (Å²) in [5.41, 5.74) is 7.02. The van der Waals surface area contributed by atoms with Gasteiger partial charge in [-0.2, -0.15) is 0 Å². The van der Waals surface area contributed by atoms with Crippen LogP contribution in [-0.2, 0) is 20.4 Å². The number of halogens is 1.